The first-order valence-corrected chi connectivity index (χ1v) is 15.3. The molecule has 0 bridgehead atoms. The largest absolute Gasteiger partial charge is 0.485 e. The smallest absolute Gasteiger partial charge is 0.319 e. The van der Waals surface area contributed by atoms with Crippen LogP contribution in [0, 0.1) is 28.9 Å². The Balaban J connectivity index is 1.36. The van der Waals surface area contributed by atoms with Crippen LogP contribution in [-0.4, -0.2) is 44.7 Å². The molecule has 3 aliphatic heterocycles. The highest BCUT2D eigenvalue weighted by atomic mass is 35.5. The van der Waals surface area contributed by atoms with Gasteiger partial charge in [-0.3, -0.25) is 4.90 Å². The second-order valence-electron chi connectivity index (χ2n) is 11.7. The van der Waals surface area contributed by atoms with E-state index in [1.165, 1.54) is 12.1 Å². The topological polar surface area (TPSA) is 102 Å². The summed E-state index contributed by atoms with van der Waals surface area (Å²) in [6, 6.07) is 8.46. The van der Waals surface area contributed by atoms with Gasteiger partial charge in [0.25, 0.3) is 0 Å². The Morgan fingerprint density at radius 1 is 1.28 bits per heavy atom. The maximum atomic E-state index is 16.9. The van der Waals surface area contributed by atoms with E-state index in [0.29, 0.717) is 23.7 Å². The number of ether oxygens (including phenoxy) is 2. The maximum absolute atomic E-state index is 16.9. The highest BCUT2D eigenvalue weighted by Crippen LogP contribution is 2.50. The molecule has 0 spiro atoms. The van der Waals surface area contributed by atoms with E-state index in [1.807, 2.05) is 29.0 Å². The standard InChI is InChI=1S/C31H25ClF2N6O2S/c1-15-10-31(7-3-8-39(31)12-15)14-42-30-37-25-22-26(41-13-16-4-2-9-40(16)29(22)38-30)23(32)21(24(25)34)17-5-6-19(33)27-20(17)18(11-35)28(36)43-27/h2,4-6,9,15H,3,7-8,10,12-14,36H2,1H3/t15-,31+/m1/s1. The van der Waals surface area contributed by atoms with Gasteiger partial charge in [-0.15, -0.1) is 11.3 Å². The van der Waals surface area contributed by atoms with Gasteiger partial charge in [-0.1, -0.05) is 24.6 Å². The molecule has 3 aromatic heterocycles. The van der Waals surface area contributed by atoms with Gasteiger partial charge < -0.3 is 19.8 Å². The molecule has 2 aromatic carbocycles. The van der Waals surface area contributed by atoms with Crippen molar-refractivity contribution in [2.24, 2.45) is 5.92 Å². The lowest BCUT2D eigenvalue weighted by molar-refractivity contribution is 0.107. The summed E-state index contributed by atoms with van der Waals surface area (Å²) in [6.45, 7) is 4.85. The first-order valence-electron chi connectivity index (χ1n) is 14.1. The molecule has 5 aromatic rings. The van der Waals surface area contributed by atoms with Gasteiger partial charge >= 0.3 is 6.01 Å². The average molecular weight is 619 g/mol. The van der Waals surface area contributed by atoms with Gasteiger partial charge in [0.15, 0.2) is 17.4 Å². The fourth-order valence-electron chi connectivity index (χ4n) is 7.26. The highest BCUT2D eigenvalue weighted by molar-refractivity contribution is 7.23. The van der Waals surface area contributed by atoms with E-state index in [4.69, 9.17) is 31.8 Å². The number of nitriles is 1. The van der Waals surface area contributed by atoms with Gasteiger partial charge in [-0.2, -0.15) is 15.2 Å². The first-order chi connectivity index (χ1) is 20.8. The second-order valence-corrected chi connectivity index (χ2v) is 13.1. The summed E-state index contributed by atoms with van der Waals surface area (Å²) >= 11 is 7.88. The number of nitrogens with zero attached hydrogens (tertiary/aromatic N) is 5. The Morgan fingerprint density at radius 3 is 2.98 bits per heavy atom. The Morgan fingerprint density at radius 2 is 2.14 bits per heavy atom. The van der Waals surface area contributed by atoms with Gasteiger partial charge in [0.05, 0.1) is 31.9 Å². The molecule has 2 fully saturated rings. The van der Waals surface area contributed by atoms with Crippen molar-refractivity contribution in [2.45, 2.75) is 38.3 Å². The monoisotopic (exact) mass is 618 g/mol. The fraction of sp³-hybridized carbons (Fsp3) is 0.323. The van der Waals surface area contributed by atoms with E-state index >= 15 is 4.39 Å². The number of fused-ring (bicyclic) bond motifs is 4. The van der Waals surface area contributed by atoms with Crippen molar-refractivity contribution in [3.05, 3.63) is 58.4 Å². The number of hydrogen-bond donors (Lipinski definition) is 1. The normalized spacial score (nSPS) is 21.0. The number of halogens is 3. The molecule has 8 nitrogen and oxygen atoms in total. The lowest BCUT2D eigenvalue weighted by Gasteiger charge is -2.31. The van der Waals surface area contributed by atoms with Crippen LogP contribution in [0.1, 0.15) is 37.4 Å². The minimum absolute atomic E-state index is 0.0312. The summed E-state index contributed by atoms with van der Waals surface area (Å²) in [6.07, 6.45) is 4.98. The molecule has 0 unspecified atom stereocenters. The summed E-state index contributed by atoms with van der Waals surface area (Å²) < 4.78 is 46.3. The number of nitrogens with two attached hydrogens (primary N) is 1. The van der Waals surface area contributed by atoms with Crippen molar-refractivity contribution in [3.8, 4) is 34.8 Å². The van der Waals surface area contributed by atoms with E-state index in [2.05, 4.69) is 16.8 Å². The van der Waals surface area contributed by atoms with Crippen molar-refractivity contribution in [1.29, 1.82) is 5.26 Å². The molecular weight excluding hydrogens is 594 g/mol. The summed E-state index contributed by atoms with van der Waals surface area (Å²) in [5.41, 5.74) is 6.94. The predicted molar refractivity (Wildman–Crippen MR) is 161 cm³/mol. The maximum Gasteiger partial charge on any atom is 0.319 e. The lowest BCUT2D eigenvalue weighted by Crippen LogP contribution is -2.43. The van der Waals surface area contributed by atoms with E-state index in [9.17, 15) is 9.65 Å². The number of benzene rings is 2. The third kappa shape index (κ3) is 3.79. The van der Waals surface area contributed by atoms with Crippen molar-refractivity contribution in [1.82, 2.24) is 19.4 Å². The molecule has 8 rings (SSSR count). The van der Waals surface area contributed by atoms with E-state index in [1.54, 1.807) is 0 Å². The lowest BCUT2D eigenvalue weighted by atomic mass is 9.92. The second kappa shape index (κ2) is 9.51. The minimum Gasteiger partial charge on any atom is -0.485 e. The van der Waals surface area contributed by atoms with Crippen molar-refractivity contribution < 1.29 is 18.3 Å². The van der Waals surface area contributed by atoms with Crippen LogP contribution in [0.25, 0.3) is 37.9 Å². The number of thiophene rings is 1. The molecule has 2 atom stereocenters. The quantitative estimate of drug-likeness (QED) is 0.235. The van der Waals surface area contributed by atoms with Crippen molar-refractivity contribution >= 4 is 48.9 Å². The molecule has 0 radical (unpaired) electrons. The Hall–Kier alpha value is -3.98. The van der Waals surface area contributed by atoms with Gasteiger partial charge in [-0.05, 0) is 55.5 Å². The zero-order chi connectivity index (χ0) is 29.6. The SMILES string of the molecule is C[C@H]1CN2CCC[C@@]2(COc2nc3c4c(c(Cl)c(-c5ccc(F)c6sc(N)c(C#N)c56)c(F)c4n2)OCc2cccn2-3)C1. The minimum atomic E-state index is -0.756. The summed E-state index contributed by atoms with van der Waals surface area (Å²) in [5.74, 6) is -0.171. The van der Waals surface area contributed by atoms with Gasteiger partial charge in [0.2, 0.25) is 0 Å². The summed E-state index contributed by atoms with van der Waals surface area (Å²) in [4.78, 5) is 11.9. The van der Waals surface area contributed by atoms with Gasteiger partial charge in [0, 0.05) is 23.7 Å². The Bertz CT molecular complexity index is 2040. The number of aromatic nitrogens is 3. The van der Waals surface area contributed by atoms with Crippen LogP contribution in [0.5, 0.6) is 11.8 Å². The molecular formula is C31H25ClF2N6O2S. The van der Waals surface area contributed by atoms with Crippen LogP contribution in [-0.2, 0) is 6.61 Å². The van der Waals surface area contributed by atoms with Crippen LogP contribution in [0.4, 0.5) is 13.8 Å². The van der Waals surface area contributed by atoms with Crippen molar-refractivity contribution in [2.75, 3.05) is 25.4 Å². The number of anilines is 1. The van der Waals surface area contributed by atoms with Gasteiger partial charge in [-0.25, -0.2) is 8.78 Å². The summed E-state index contributed by atoms with van der Waals surface area (Å²) in [7, 11) is 0. The predicted octanol–water partition coefficient (Wildman–Crippen LogP) is 6.83. The number of hydrogen-bond acceptors (Lipinski definition) is 8. The van der Waals surface area contributed by atoms with Gasteiger partial charge in [0.1, 0.15) is 35.6 Å². The summed E-state index contributed by atoms with van der Waals surface area (Å²) in [5, 5.41) is 10.5. The van der Waals surface area contributed by atoms with Crippen molar-refractivity contribution in [3.63, 3.8) is 0 Å². The van der Waals surface area contributed by atoms with Crippen LogP contribution in [0.2, 0.25) is 5.02 Å². The molecule has 0 aliphatic carbocycles. The third-order valence-electron chi connectivity index (χ3n) is 9.04. The Kier molecular flexibility index (Phi) is 5.89. The molecule has 43 heavy (non-hydrogen) atoms. The zero-order valence-electron chi connectivity index (χ0n) is 23.1. The van der Waals surface area contributed by atoms with Crippen LogP contribution in [0.3, 0.4) is 0 Å². The number of rotatable bonds is 4. The molecule has 0 amide bonds. The highest BCUT2D eigenvalue weighted by Gasteiger charge is 2.48. The molecule has 6 heterocycles. The molecule has 12 heteroatoms. The van der Waals surface area contributed by atoms with Crippen LogP contribution >= 0.6 is 22.9 Å². The zero-order valence-corrected chi connectivity index (χ0v) is 24.7. The molecule has 3 aliphatic rings. The Labute approximate surface area is 254 Å². The fourth-order valence-corrected chi connectivity index (χ4v) is 8.55. The molecule has 0 saturated carbocycles. The van der Waals surface area contributed by atoms with Crippen LogP contribution < -0.4 is 15.2 Å². The van der Waals surface area contributed by atoms with E-state index in [0.717, 1.165) is 49.4 Å². The molecule has 2 N–H and O–H groups in total. The first kappa shape index (κ1) is 26.6. The van der Waals surface area contributed by atoms with Crippen LogP contribution in [0.15, 0.2) is 30.5 Å². The van der Waals surface area contributed by atoms with E-state index in [-0.39, 0.29) is 66.2 Å². The average Bonchev–Trinajstić information content (AvgIpc) is 3.73. The number of nitrogen functional groups attached to an aromatic ring is 1. The molecule has 218 valence electrons. The molecule has 2 saturated heterocycles. The van der Waals surface area contributed by atoms with E-state index < -0.39 is 11.6 Å². The third-order valence-corrected chi connectivity index (χ3v) is 10.4.